The summed E-state index contributed by atoms with van der Waals surface area (Å²) in [4.78, 5) is 25.1. The highest BCUT2D eigenvalue weighted by atomic mass is 16.5. The number of carbonyl (C=O) groups is 2. The number of benzene rings is 1. The van der Waals surface area contributed by atoms with E-state index in [-0.39, 0.29) is 31.4 Å². The molecule has 6 nitrogen and oxygen atoms in total. The van der Waals surface area contributed by atoms with Gasteiger partial charge in [0, 0.05) is 20.2 Å². The van der Waals surface area contributed by atoms with Crippen LogP contribution in [0, 0.1) is 13.8 Å². The molecule has 1 aromatic rings. The second-order valence-electron chi connectivity index (χ2n) is 5.26. The lowest BCUT2D eigenvalue weighted by Crippen LogP contribution is -2.38. The fraction of sp³-hybridized carbons (Fsp3) is 0.529. The summed E-state index contributed by atoms with van der Waals surface area (Å²) in [5.74, 6) is 0.153. The van der Waals surface area contributed by atoms with E-state index in [4.69, 9.17) is 9.47 Å². The first-order valence-electron chi connectivity index (χ1n) is 7.51. The first-order valence-corrected chi connectivity index (χ1v) is 7.51. The van der Waals surface area contributed by atoms with Crippen molar-refractivity contribution < 1.29 is 23.8 Å². The molecule has 0 aromatic heterocycles. The summed E-state index contributed by atoms with van der Waals surface area (Å²) >= 11 is 0. The van der Waals surface area contributed by atoms with Gasteiger partial charge in [0.2, 0.25) is 0 Å². The minimum Gasteiger partial charge on any atom is -0.483 e. The van der Waals surface area contributed by atoms with Gasteiger partial charge in [-0.2, -0.15) is 0 Å². The van der Waals surface area contributed by atoms with Gasteiger partial charge in [0.15, 0.2) is 6.61 Å². The Kier molecular flexibility index (Phi) is 8.11. The van der Waals surface area contributed by atoms with Gasteiger partial charge in [0.1, 0.15) is 5.75 Å². The van der Waals surface area contributed by atoms with Gasteiger partial charge in [-0.05, 0) is 31.0 Å². The maximum Gasteiger partial charge on any atom is 0.307 e. The zero-order valence-corrected chi connectivity index (χ0v) is 14.3. The van der Waals surface area contributed by atoms with E-state index in [0.29, 0.717) is 18.9 Å². The molecular weight excluding hydrogens is 298 g/mol. The summed E-state index contributed by atoms with van der Waals surface area (Å²) < 4.78 is 15.2. The third kappa shape index (κ3) is 6.69. The zero-order chi connectivity index (χ0) is 17.2. The minimum absolute atomic E-state index is 0.0742. The summed E-state index contributed by atoms with van der Waals surface area (Å²) in [6.07, 6.45) is 0.148. The number of methoxy groups -OCH3 is 2. The van der Waals surface area contributed by atoms with Gasteiger partial charge in [-0.1, -0.05) is 12.1 Å². The molecule has 1 aromatic carbocycles. The van der Waals surface area contributed by atoms with Crippen LogP contribution in [0.5, 0.6) is 5.75 Å². The van der Waals surface area contributed by atoms with Crippen molar-refractivity contribution in [2.45, 2.75) is 20.3 Å². The van der Waals surface area contributed by atoms with E-state index in [9.17, 15) is 9.59 Å². The van der Waals surface area contributed by atoms with E-state index in [1.165, 1.54) is 7.11 Å². The van der Waals surface area contributed by atoms with Crippen molar-refractivity contribution in [2.24, 2.45) is 0 Å². The number of rotatable bonds is 9. The molecule has 0 bridgehead atoms. The van der Waals surface area contributed by atoms with Crippen LogP contribution in [0.15, 0.2) is 18.2 Å². The predicted octanol–water partition coefficient (Wildman–Crippen LogP) is 1.72. The fourth-order valence-corrected chi connectivity index (χ4v) is 1.98. The van der Waals surface area contributed by atoms with Crippen molar-refractivity contribution in [3.8, 4) is 5.75 Å². The molecule has 0 N–H and O–H groups in total. The molecule has 1 amide bonds. The second kappa shape index (κ2) is 9.84. The Morgan fingerprint density at radius 2 is 1.87 bits per heavy atom. The quantitative estimate of drug-likeness (QED) is 0.648. The van der Waals surface area contributed by atoms with E-state index < -0.39 is 0 Å². The Balaban J connectivity index is 2.61. The van der Waals surface area contributed by atoms with Crippen LogP contribution in [-0.2, 0) is 19.1 Å². The van der Waals surface area contributed by atoms with E-state index >= 15 is 0 Å². The lowest BCUT2D eigenvalue weighted by molar-refractivity contribution is -0.142. The maximum atomic E-state index is 12.3. The molecule has 1 rings (SSSR count). The standard InChI is InChI=1S/C17H25NO5/c1-13-5-6-14(2)15(11-13)23-12-16(19)18(9-10-21-3)8-7-17(20)22-4/h5-6,11H,7-10,12H2,1-4H3. The summed E-state index contributed by atoms with van der Waals surface area (Å²) in [5, 5.41) is 0. The largest absolute Gasteiger partial charge is 0.483 e. The number of hydrogen-bond acceptors (Lipinski definition) is 5. The highest BCUT2D eigenvalue weighted by Crippen LogP contribution is 2.19. The molecule has 0 unspecified atom stereocenters. The van der Waals surface area contributed by atoms with E-state index in [2.05, 4.69) is 4.74 Å². The lowest BCUT2D eigenvalue weighted by atomic mass is 10.1. The summed E-state index contributed by atoms with van der Waals surface area (Å²) in [6.45, 7) is 4.91. The number of carbonyl (C=O) groups excluding carboxylic acids is 2. The molecule has 0 atom stereocenters. The maximum absolute atomic E-state index is 12.3. The second-order valence-corrected chi connectivity index (χ2v) is 5.26. The van der Waals surface area contributed by atoms with Crippen molar-refractivity contribution in [3.05, 3.63) is 29.3 Å². The fourth-order valence-electron chi connectivity index (χ4n) is 1.98. The Hall–Kier alpha value is -2.08. The average molecular weight is 323 g/mol. The van der Waals surface area contributed by atoms with Crippen molar-refractivity contribution in [2.75, 3.05) is 40.5 Å². The van der Waals surface area contributed by atoms with E-state index in [1.54, 1.807) is 12.0 Å². The van der Waals surface area contributed by atoms with Crippen LogP contribution in [0.2, 0.25) is 0 Å². The molecule has 0 heterocycles. The summed E-state index contributed by atoms with van der Waals surface area (Å²) in [7, 11) is 2.89. The molecule has 0 saturated heterocycles. The van der Waals surface area contributed by atoms with E-state index in [1.807, 2.05) is 32.0 Å². The van der Waals surface area contributed by atoms with Crippen LogP contribution in [-0.4, -0.2) is 57.3 Å². The number of aryl methyl sites for hydroxylation is 2. The topological polar surface area (TPSA) is 65.1 Å². The van der Waals surface area contributed by atoms with Crippen molar-refractivity contribution in [3.63, 3.8) is 0 Å². The number of amides is 1. The average Bonchev–Trinajstić information content (AvgIpc) is 2.55. The van der Waals surface area contributed by atoms with Crippen molar-refractivity contribution in [1.82, 2.24) is 4.90 Å². The van der Waals surface area contributed by atoms with Gasteiger partial charge < -0.3 is 19.1 Å². The van der Waals surface area contributed by atoms with Crippen molar-refractivity contribution >= 4 is 11.9 Å². The molecule has 6 heteroatoms. The van der Waals surface area contributed by atoms with Gasteiger partial charge in [-0.15, -0.1) is 0 Å². The molecule has 0 saturated carbocycles. The SMILES string of the molecule is COCCN(CCC(=O)OC)C(=O)COc1cc(C)ccc1C. The molecule has 0 aliphatic rings. The number of ether oxygens (including phenoxy) is 3. The Morgan fingerprint density at radius 1 is 1.13 bits per heavy atom. The third-order valence-electron chi connectivity index (χ3n) is 3.43. The van der Waals surface area contributed by atoms with Crippen LogP contribution in [0.3, 0.4) is 0 Å². The number of hydrogen-bond donors (Lipinski definition) is 0. The van der Waals surface area contributed by atoms with Gasteiger partial charge in [0.05, 0.1) is 20.1 Å². The van der Waals surface area contributed by atoms with Crippen LogP contribution < -0.4 is 4.74 Å². The van der Waals surface area contributed by atoms with Crippen LogP contribution in [0.1, 0.15) is 17.5 Å². The molecule has 128 valence electrons. The molecule has 0 radical (unpaired) electrons. The molecule has 0 aliphatic carbocycles. The number of esters is 1. The first kappa shape index (κ1) is 19.0. The minimum atomic E-state index is -0.351. The lowest BCUT2D eigenvalue weighted by Gasteiger charge is -2.22. The molecular formula is C17H25NO5. The molecule has 23 heavy (non-hydrogen) atoms. The molecule has 0 fully saturated rings. The molecule has 0 spiro atoms. The normalized spacial score (nSPS) is 10.3. The first-order chi connectivity index (χ1) is 11.0. The van der Waals surface area contributed by atoms with E-state index in [0.717, 1.165) is 11.1 Å². The van der Waals surface area contributed by atoms with Crippen LogP contribution >= 0.6 is 0 Å². The number of nitrogens with zero attached hydrogens (tertiary/aromatic N) is 1. The van der Waals surface area contributed by atoms with Gasteiger partial charge in [-0.3, -0.25) is 9.59 Å². The smallest absolute Gasteiger partial charge is 0.307 e. The Morgan fingerprint density at radius 3 is 2.52 bits per heavy atom. The van der Waals surface area contributed by atoms with Gasteiger partial charge >= 0.3 is 5.97 Å². The highest BCUT2D eigenvalue weighted by Gasteiger charge is 2.16. The van der Waals surface area contributed by atoms with Gasteiger partial charge in [-0.25, -0.2) is 0 Å². The molecule has 0 aliphatic heterocycles. The predicted molar refractivity (Wildman–Crippen MR) is 86.5 cm³/mol. The van der Waals surface area contributed by atoms with Crippen LogP contribution in [0.4, 0.5) is 0 Å². The van der Waals surface area contributed by atoms with Crippen LogP contribution in [0.25, 0.3) is 0 Å². The van der Waals surface area contributed by atoms with Gasteiger partial charge in [0.25, 0.3) is 5.91 Å². The summed E-state index contributed by atoms with van der Waals surface area (Å²) in [5.41, 5.74) is 2.04. The summed E-state index contributed by atoms with van der Waals surface area (Å²) in [6, 6.07) is 5.84. The highest BCUT2D eigenvalue weighted by molar-refractivity contribution is 5.78. The Bertz CT molecular complexity index is 530. The third-order valence-corrected chi connectivity index (χ3v) is 3.43. The zero-order valence-electron chi connectivity index (χ0n) is 14.3. The van der Waals surface area contributed by atoms with Crippen molar-refractivity contribution in [1.29, 1.82) is 0 Å². The Labute approximate surface area is 137 Å². The monoisotopic (exact) mass is 323 g/mol.